The van der Waals surface area contributed by atoms with Gasteiger partial charge < -0.3 is 38.5 Å². The van der Waals surface area contributed by atoms with E-state index in [2.05, 4.69) is 28.7 Å². The van der Waals surface area contributed by atoms with Crippen molar-refractivity contribution in [3.63, 3.8) is 0 Å². The van der Waals surface area contributed by atoms with E-state index in [0.717, 1.165) is 49.7 Å². The lowest BCUT2D eigenvalue weighted by Gasteiger charge is -2.33. The van der Waals surface area contributed by atoms with E-state index in [1.807, 2.05) is 59.0 Å². The SMILES string of the molecule is CCCOc1ccc(S(=O)(=O)N2CCN(CCO)CC2)cc1-c1nc2c(CCC)cn(CC)c2c(=O)[nH]1.CCCOc1ccc(S(=O)(=O)N2CCN(CCO[N+](=O)[O-])CC2)cc1-c1nc2c(CCC)cn(CC)c2c(=O)[nH]1. The number of fused-ring (bicyclic) bond motifs is 2. The molecule has 77 heavy (non-hydrogen) atoms. The molecule has 0 atom stereocenters. The third kappa shape index (κ3) is 13.4. The zero-order chi connectivity index (χ0) is 55.4. The summed E-state index contributed by atoms with van der Waals surface area (Å²) in [7, 11) is -7.64. The monoisotopic (exact) mass is 1110 g/mol. The van der Waals surface area contributed by atoms with E-state index < -0.39 is 25.1 Å². The molecule has 0 bridgehead atoms. The van der Waals surface area contributed by atoms with Crippen LogP contribution >= 0.6 is 0 Å². The number of H-pyrrole nitrogens is 2. The van der Waals surface area contributed by atoms with Gasteiger partial charge in [0, 0.05) is 90.9 Å². The number of rotatable bonds is 24. The molecule has 0 radical (unpaired) electrons. The number of aliphatic hydroxyl groups excluding tert-OH is 1. The largest absolute Gasteiger partial charge is 0.493 e. The molecule has 2 saturated heterocycles. The van der Waals surface area contributed by atoms with Crippen LogP contribution in [0.2, 0.25) is 0 Å². The molecule has 420 valence electrons. The minimum absolute atomic E-state index is 0.0481. The van der Waals surface area contributed by atoms with Crippen LogP contribution < -0.4 is 20.6 Å². The highest BCUT2D eigenvalue weighted by atomic mass is 32.2. The van der Waals surface area contributed by atoms with Crippen LogP contribution in [0, 0.1) is 10.1 Å². The van der Waals surface area contributed by atoms with Gasteiger partial charge in [0.15, 0.2) is 0 Å². The van der Waals surface area contributed by atoms with E-state index in [-0.39, 0.29) is 53.0 Å². The van der Waals surface area contributed by atoms with Gasteiger partial charge in [-0.1, -0.05) is 40.5 Å². The van der Waals surface area contributed by atoms with Gasteiger partial charge in [-0.2, -0.15) is 8.61 Å². The van der Waals surface area contributed by atoms with Gasteiger partial charge in [0.05, 0.1) is 51.8 Å². The maximum absolute atomic E-state index is 13.6. The Balaban J connectivity index is 0.000000224. The Morgan fingerprint density at radius 2 is 1.03 bits per heavy atom. The van der Waals surface area contributed by atoms with Crippen molar-refractivity contribution in [2.24, 2.45) is 0 Å². The molecule has 23 nitrogen and oxygen atoms in total. The van der Waals surface area contributed by atoms with E-state index in [1.165, 1.54) is 20.7 Å². The Morgan fingerprint density at radius 1 is 0.610 bits per heavy atom. The van der Waals surface area contributed by atoms with Gasteiger partial charge in [0.25, 0.3) is 16.2 Å². The fourth-order valence-electron chi connectivity index (χ4n) is 9.66. The minimum atomic E-state index is -3.87. The fraction of sp³-hybridized carbons (Fsp3) is 0.538. The number of piperazine rings is 2. The third-order valence-electron chi connectivity index (χ3n) is 13.6. The van der Waals surface area contributed by atoms with Crippen molar-refractivity contribution < 1.29 is 41.3 Å². The topological polar surface area (TPSA) is 274 Å². The first-order valence-electron chi connectivity index (χ1n) is 26.6. The first kappa shape index (κ1) is 58.5. The first-order valence-corrected chi connectivity index (χ1v) is 29.5. The van der Waals surface area contributed by atoms with E-state index in [0.29, 0.717) is 129 Å². The number of aromatic nitrogens is 6. The zero-order valence-corrected chi connectivity index (χ0v) is 46.6. The summed E-state index contributed by atoms with van der Waals surface area (Å²) in [5.41, 5.74) is 4.50. The lowest BCUT2D eigenvalue weighted by Crippen LogP contribution is -2.49. The average Bonchev–Trinajstić information content (AvgIpc) is 4.01. The second kappa shape index (κ2) is 26.4. The van der Waals surface area contributed by atoms with Crippen molar-refractivity contribution in [1.82, 2.24) is 47.5 Å². The Labute approximate surface area is 449 Å². The number of benzene rings is 2. The Morgan fingerprint density at radius 3 is 1.39 bits per heavy atom. The van der Waals surface area contributed by atoms with Crippen LogP contribution in [0.3, 0.4) is 0 Å². The second-order valence-corrected chi connectivity index (χ2v) is 22.8. The quantitative estimate of drug-likeness (QED) is 0.0524. The van der Waals surface area contributed by atoms with Crippen molar-refractivity contribution in [2.45, 2.75) is 103 Å². The number of aromatic amines is 2. The predicted molar refractivity (Wildman–Crippen MR) is 293 cm³/mol. The number of sulfonamides is 2. The molecule has 6 heterocycles. The smallest absolute Gasteiger partial charge is 0.294 e. The summed E-state index contributed by atoms with van der Waals surface area (Å²) in [5, 5.41) is 18.7. The van der Waals surface area contributed by atoms with Crippen molar-refractivity contribution in [3.8, 4) is 34.3 Å². The molecule has 4 aromatic heterocycles. The Hall–Kier alpha value is -6.22. The van der Waals surface area contributed by atoms with Gasteiger partial charge in [-0.3, -0.25) is 19.4 Å². The van der Waals surface area contributed by atoms with Gasteiger partial charge in [0.2, 0.25) is 20.0 Å². The van der Waals surface area contributed by atoms with Crippen molar-refractivity contribution in [1.29, 1.82) is 0 Å². The van der Waals surface area contributed by atoms with Crippen LogP contribution in [-0.4, -0.2) is 166 Å². The Bertz CT molecular complexity index is 3340. The number of hydrogen-bond acceptors (Lipinski definition) is 16. The zero-order valence-electron chi connectivity index (χ0n) is 45.0. The molecule has 8 rings (SSSR count). The van der Waals surface area contributed by atoms with Crippen LogP contribution in [0.25, 0.3) is 44.8 Å². The molecule has 25 heteroatoms. The second-order valence-electron chi connectivity index (χ2n) is 18.9. The third-order valence-corrected chi connectivity index (χ3v) is 17.4. The number of nitrogens with zero attached hydrogens (tertiary/aromatic N) is 9. The molecule has 2 aliphatic rings. The van der Waals surface area contributed by atoms with Crippen LogP contribution in [0.1, 0.15) is 78.4 Å². The molecule has 0 amide bonds. The summed E-state index contributed by atoms with van der Waals surface area (Å²) in [5.74, 6) is 1.45. The van der Waals surface area contributed by atoms with Gasteiger partial charge in [0.1, 0.15) is 40.8 Å². The van der Waals surface area contributed by atoms with Gasteiger partial charge in [-0.05, 0) is 87.1 Å². The summed E-state index contributed by atoms with van der Waals surface area (Å²) in [6.07, 6.45) is 8.81. The molecule has 0 aliphatic carbocycles. The number of aryl methyl sites for hydroxylation is 4. The number of ether oxygens (including phenoxy) is 2. The van der Waals surface area contributed by atoms with Crippen LogP contribution in [0.5, 0.6) is 11.5 Å². The molecular formula is C52H73N11O12S2. The van der Waals surface area contributed by atoms with Crippen molar-refractivity contribution >= 4 is 42.1 Å². The molecule has 2 fully saturated rings. The summed E-state index contributed by atoms with van der Waals surface area (Å²) in [6, 6.07) is 9.38. The number of β-amino-alcohol motifs (C(OH)–C–C–N with tert-alkyl or cyclic N) is 1. The summed E-state index contributed by atoms with van der Waals surface area (Å²) in [4.78, 5) is 60.7. The molecule has 0 spiro atoms. The average molecular weight is 1110 g/mol. The molecular weight excluding hydrogens is 1030 g/mol. The van der Waals surface area contributed by atoms with Gasteiger partial charge in [-0.15, -0.1) is 10.1 Å². The van der Waals surface area contributed by atoms with Crippen molar-refractivity contribution in [2.75, 3.05) is 91.9 Å². The highest BCUT2D eigenvalue weighted by Crippen LogP contribution is 2.35. The predicted octanol–water partition coefficient (Wildman–Crippen LogP) is 5.12. The normalized spacial score (nSPS) is 15.2. The summed E-state index contributed by atoms with van der Waals surface area (Å²) in [6.45, 7) is 18.2. The highest BCUT2D eigenvalue weighted by molar-refractivity contribution is 7.89. The van der Waals surface area contributed by atoms with Gasteiger partial charge in [-0.25, -0.2) is 26.8 Å². The van der Waals surface area contributed by atoms with E-state index >= 15 is 0 Å². The number of aliphatic hydroxyl groups is 1. The minimum Gasteiger partial charge on any atom is -0.493 e. The molecule has 2 aromatic carbocycles. The molecule has 2 aliphatic heterocycles. The van der Waals surface area contributed by atoms with E-state index in [9.17, 15) is 41.6 Å². The van der Waals surface area contributed by atoms with Crippen molar-refractivity contribution in [3.05, 3.63) is 90.7 Å². The van der Waals surface area contributed by atoms with Gasteiger partial charge >= 0.3 is 0 Å². The first-order chi connectivity index (χ1) is 37.0. The molecule has 0 unspecified atom stereocenters. The lowest BCUT2D eigenvalue weighted by molar-refractivity contribution is -0.757. The lowest BCUT2D eigenvalue weighted by atomic mass is 10.1. The highest BCUT2D eigenvalue weighted by Gasteiger charge is 2.32. The number of hydrogen-bond donors (Lipinski definition) is 3. The summed E-state index contributed by atoms with van der Waals surface area (Å²) >= 11 is 0. The van der Waals surface area contributed by atoms with E-state index in [4.69, 9.17) is 19.4 Å². The van der Waals surface area contributed by atoms with E-state index in [1.54, 1.807) is 24.3 Å². The fourth-order valence-corrected chi connectivity index (χ4v) is 12.6. The summed E-state index contributed by atoms with van der Waals surface area (Å²) < 4.78 is 72.9. The standard InChI is InChI=1S/C26H36N6O7S.C26H37N5O5S/c1-4-7-19-18-30(6-3)24-23(19)27-25(28-26(24)33)21-17-20(8-9-22(21)38-15-5-2)40(36,37)31-12-10-29(11-13-31)14-16-39-32(34)35;1-4-7-19-18-30(6-3)24-23(19)27-25(28-26(24)33)21-17-20(8-9-22(21)36-16-5-2)37(34,35)31-12-10-29(11-13-31)14-15-32/h8-9,17-18H,4-7,10-16H2,1-3H3,(H,27,28,33);8-9,17-18,32H,4-7,10-16H2,1-3H3,(H,27,28,33). The molecule has 3 N–H and O–H groups in total. The maximum atomic E-state index is 13.6. The Kier molecular flexibility index (Phi) is 20.1. The maximum Gasteiger partial charge on any atom is 0.294 e. The van der Waals surface area contributed by atoms with Crippen LogP contribution in [-0.2, 0) is 50.8 Å². The molecule has 0 saturated carbocycles. The van der Waals surface area contributed by atoms with Crippen LogP contribution in [0.4, 0.5) is 0 Å². The van der Waals surface area contributed by atoms with Crippen LogP contribution in [0.15, 0.2) is 68.2 Å². The number of nitrogens with one attached hydrogen (secondary N) is 2. The molecule has 6 aromatic rings.